The summed E-state index contributed by atoms with van der Waals surface area (Å²) in [6.07, 6.45) is -4.72. The zero-order chi connectivity index (χ0) is 21.5. The maximum atomic E-state index is 13.8. The number of rotatable bonds is 3. The predicted octanol–water partition coefficient (Wildman–Crippen LogP) is 7.93. The number of benzene rings is 3. The highest BCUT2D eigenvalue weighted by atomic mass is 35.5. The van der Waals surface area contributed by atoms with Gasteiger partial charge in [0.05, 0.1) is 22.6 Å². The van der Waals surface area contributed by atoms with E-state index < -0.39 is 17.6 Å². The number of aromatic nitrogens is 1. The van der Waals surface area contributed by atoms with E-state index in [1.165, 1.54) is 4.57 Å². The van der Waals surface area contributed by atoms with Crippen molar-refractivity contribution in [2.75, 3.05) is 0 Å². The topological polar surface area (TPSA) is 4.93 Å². The summed E-state index contributed by atoms with van der Waals surface area (Å²) in [6, 6.07) is 20.6. The maximum Gasteiger partial charge on any atom is 0.418 e. The Labute approximate surface area is 176 Å². The Bertz CT molecular complexity index is 1130. The fourth-order valence-corrected chi connectivity index (χ4v) is 3.55. The third-order valence-electron chi connectivity index (χ3n) is 4.87. The van der Waals surface area contributed by atoms with Gasteiger partial charge in [0.25, 0.3) is 0 Å². The predicted molar refractivity (Wildman–Crippen MR) is 111 cm³/mol. The van der Waals surface area contributed by atoms with Crippen LogP contribution in [0.25, 0.3) is 28.2 Å². The average molecular weight is 430 g/mol. The molecule has 0 aliphatic heterocycles. The lowest BCUT2D eigenvalue weighted by Crippen LogP contribution is -2.12. The van der Waals surface area contributed by atoms with E-state index in [2.05, 4.69) is 0 Å². The molecule has 1 aromatic heterocycles. The molecular formula is C24H16ClF4N. The first-order valence-corrected chi connectivity index (χ1v) is 9.54. The largest absolute Gasteiger partial charge is 0.418 e. The molecule has 1 heterocycles. The van der Waals surface area contributed by atoms with E-state index >= 15 is 0 Å². The standard InChI is InChI=1S/C24H16ClF4N/c1-15-2-4-16(5-3-15)21-12-13-22(17-6-8-18(25)9-7-17)30(21)23-11-10-19(26)14-20(23)24(27,28)29/h2-14H,1H3. The van der Waals surface area contributed by atoms with Gasteiger partial charge in [-0.3, -0.25) is 0 Å². The van der Waals surface area contributed by atoms with Gasteiger partial charge in [-0.15, -0.1) is 0 Å². The molecule has 0 aliphatic rings. The molecule has 0 N–H and O–H groups in total. The molecule has 0 unspecified atom stereocenters. The summed E-state index contributed by atoms with van der Waals surface area (Å²) >= 11 is 5.98. The number of halogens is 5. The third-order valence-corrected chi connectivity index (χ3v) is 5.13. The summed E-state index contributed by atoms with van der Waals surface area (Å²) in [5.41, 5.74) is 2.40. The SMILES string of the molecule is Cc1ccc(-c2ccc(-c3ccc(Cl)cc3)n2-c2ccc(F)cc2C(F)(F)F)cc1. The van der Waals surface area contributed by atoms with Gasteiger partial charge in [0.15, 0.2) is 0 Å². The fraction of sp³-hybridized carbons (Fsp3) is 0.0833. The molecule has 6 heteroatoms. The van der Waals surface area contributed by atoms with Gasteiger partial charge in [-0.1, -0.05) is 53.6 Å². The Balaban J connectivity index is 2.03. The second-order valence-electron chi connectivity index (χ2n) is 6.97. The average Bonchev–Trinajstić information content (AvgIpc) is 3.13. The van der Waals surface area contributed by atoms with Crippen LogP contribution in [0.1, 0.15) is 11.1 Å². The molecule has 0 radical (unpaired) electrons. The minimum Gasteiger partial charge on any atom is -0.309 e. The first kappa shape index (κ1) is 20.2. The number of nitrogens with zero attached hydrogens (tertiary/aromatic N) is 1. The van der Waals surface area contributed by atoms with E-state index in [9.17, 15) is 17.6 Å². The highest BCUT2D eigenvalue weighted by Crippen LogP contribution is 2.39. The molecule has 0 aliphatic carbocycles. The summed E-state index contributed by atoms with van der Waals surface area (Å²) < 4.78 is 56.6. The lowest BCUT2D eigenvalue weighted by atomic mass is 10.1. The Morgan fingerprint density at radius 3 is 1.80 bits per heavy atom. The van der Waals surface area contributed by atoms with E-state index in [-0.39, 0.29) is 5.69 Å². The number of aryl methyl sites for hydroxylation is 1. The van der Waals surface area contributed by atoms with Crippen LogP contribution in [0.5, 0.6) is 0 Å². The van der Waals surface area contributed by atoms with E-state index in [4.69, 9.17) is 11.6 Å². The van der Waals surface area contributed by atoms with Gasteiger partial charge in [0.1, 0.15) is 5.82 Å². The van der Waals surface area contributed by atoms with Crippen LogP contribution in [-0.4, -0.2) is 4.57 Å². The van der Waals surface area contributed by atoms with E-state index in [0.717, 1.165) is 23.3 Å². The molecule has 4 aromatic rings. The molecule has 4 rings (SSSR count). The van der Waals surface area contributed by atoms with Crippen molar-refractivity contribution in [2.45, 2.75) is 13.1 Å². The zero-order valence-corrected chi connectivity index (χ0v) is 16.6. The van der Waals surface area contributed by atoms with Crippen LogP contribution in [0.2, 0.25) is 5.02 Å². The first-order valence-electron chi connectivity index (χ1n) is 9.16. The van der Waals surface area contributed by atoms with Gasteiger partial charge in [-0.25, -0.2) is 4.39 Å². The second kappa shape index (κ2) is 7.65. The van der Waals surface area contributed by atoms with Crippen molar-refractivity contribution in [1.82, 2.24) is 4.57 Å². The molecule has 0 atom stereocenters. The van der Waals surface area contributed by atoms with Crippen molar-refractivity contribution in [3.05, 3.63) is 101 Å². The first-order chi connectivity index (χ1) is 14.2. The molecule has 0 saturated carbocycles. The van der Waals surface area contributed by atoms with E-state index in [0.29, 0.717) is 28.0 Å². The van der Waals surface area contributed by atoms with Gasteiger partial charge in [0.2, 0.25) is 0 Å². The Kier molecular flexibility index (Phi) is 5.16. The highest BCUT2D eigenvalue weighted by molar-refractivity contribution is 6.30. The molecule has 1 nitrogen and oxygen atoms in total. The van der Waals surface area contributed by atoms with Crippen molar-refractivity contribution in [2.24, 2.45) is 0 Å². The van der Waals surface area contributed by atoms with Crippen LogP contribution in [-0.2, 0) is 6.18 Å². The molecule has 0 amide bonds. The molecule has 0 fully saturated rings. The highest BCUT2D eigenvalue weighted by Gasteiger charge is 2.35. The van der Waals surface area contributed by atoms with Gasteiger partial charge in [0, 0.05) is 5.02 Å². The Hall–Kier alpha value is -3.05. The van der Waals surface area contributed by atoms with Gasteiger partial charge < -0.3 is 4.57 Å². The summed E-state index contributed by atoms with van der Waals surface area (Å²) in [5.74, 6) is -0.942. The lowest BCUT2D eigenvalue weighted by molar-refractivity contribution is -0.137. The van der Waals surface area contributed by atoms with Crippen LogP contribution >= 0.6 is 11.6 Å². The van der Waals surface area contributed by atoms with Crippen molar-refractivity contribution in [3.63, 3.8) is 0 Å². The van der Waals surface area contributed by atoms with Crippen molar-refractivity contribution < 1.29 is 17.6 Å². The Morgan fingerprint density at radius 2 is 1.27 bits per heavy atom. The summed E-state index contributed by atoms with van der Waals surface area (Å²) in [6.45, 7) is 1.93. The second-order valence-corrected chi connectivity index (χ2v) is 7.41. The van der Waals surface area contributed by atoms with Crippen molar-refractivity contribution in [1.29, 1.82) is 0 Å². The quantitative estimate of drug-likeness (QED) is 0.291. The van der Waals surface area contributed by atoms with Crippen LogP contribution in [0.4, 0.5) is 17.6 Å². The third kappa shape index (κ3) is 3.85. The minimum atomic E-state index is -4.72. The lowest BCUT2D eigenvalue weighted by Gasteiger charge is -2.19. The molecule has 3 aromatic carbocycles. The van der Waals surface area contributed by atoms with Crippen LogP contribution < -0.4 is 0 Å². The molecular weight excluding hydrogens is 414 g/mol. The van der Waals surface area contributed by atoms with Crippen molar-refractivity contribution in [3.8, 4) is 28.2 Å². The van der Waals surface area contributed by atoms with Crippen LogP contribution in [0.15, 0.2) is 78.9 Å². The number of hydrogen-bond donors (Lipinski definition) is 0. The van der Waals surface area contributed by atoms with Crippen LogP contribution in [0, 0.1) is 12.7 Å². The van der Waals surface area contributed by atoms with Gasteiger partial charge in [-0.2, -0.15) is 13.2 Å². The molecule has 30 heavy (non-hydrogen) atoms. The summed E-state index contributed by atoms with van der Waals surface area (Å²) in [5, 5.41) is 0.522. The monoisotopic (exact) mass is 429 g/mol. The van der Waals surface area contributed by atoms with Crippen molar-refractivity contribution >= 4 is 11.6 Å². The van der Waals surface area contributed by atoms with Gasteiger partial charge >= 0.3 is 6.18 Å². The molecule has 0 saturated heterocycles. The smallest absolute Gasteiger partial charge is 0.309 e. The number of hydrogen-bond acceptors (Lipinski definition) is 0. The minimum absolute atomic E-state index is 0.144. The van der Waals surface area contributed by atoms with E-state index in [1.54, 1.807) is 36.4 Å². The molecule has 0 spiro atoms. The van der Waals surface area contributed by atoms with Gasteiger partial charge in [-0.05, 0) is 60.5 Å². The molecule has 0 bridgehead atoms. The number of alkyl halides is 3. The Morgan fingerprint density at radius 1 is 0.733 bits per heavy atom. The maximum absolute atomic E-state index is 13.8. The fourth-order valence-electron chi connectivity index (χ4n) is 3.42. The van der Waals surface area contributed by atoms with Crippen LogP contribution in [0.3, 0.4) is 0 Å². The molecule has 152 valence electrons. The summed E-state index contributed by atoms with van der Waals surface area (Å²) in [4.78, 5) is 0. The zero-order valence-electron chi connectivity index (χ0n) is 15.8. The van der Waals surface area contributed by atoms with E-state index in [1.807, 2.05) is 31.2 Å². The normalized spacial score (nSPS) is 11.7. The summed E-state index contributed by atoms with van der Waals surface area (Å²) in [7, 11) is 0.